The molecule has 1 aromatic heterocycles. The van der Waals surface area contributed by atoms with Crippen LogP contribution in [0.2, 0.25) is 0 Å². The molecule has 0 bridgehead atoms. The Balaban J connectivity index is 1.44. The second kappa shape index (κ2) is 7.64. The molecule has 5 heteroatoms. The zero-order chi connectivity index (χ0) is 19.5. The summed E-state index contributed by atoms with van der Waals surface area (Å²) in [7, 11) is 1.68. The van der Waals surface area contributed by atoms with Crippen LogP contribution in [0.1, 0.15) is 17.8 Å². The molecule has 0 atom stereocenters. The van der Waals surface area contributed by atoms with Crippen LogP contribution in [0.5, 0.6) is 0 Å². The number of hydrogen-bond donors (Lipinski definition) is 0. The Labute approximate surface area is 162 Å². The number of carbonyl (C=O) groups is 1. The highest BCUT2D eigenvalue weighted by molar-refractivity contribution is 5.85. The summed E-state index contributed by atoms with van der Waals surface area (Å²) in [6.45, 7) is 0.226. The molecule has 0 N–H and O–H groups in total. The van der Waals surface area contributed by atoms with Crippen molar-refractivity contribution in [1.29, 1.82) is 0 Å². The van der Waals surface area contributed by atoms with Gasteiger partial charge in [-0.3, -0.25) is 14.2 Å². The number of ether oxygens (including phenoxy) is 1. The van der Waals surface area contributed by atoms with Gasteiger partial charge in [-0.25, -0.2) is 4.98 Å². The summed E-state index contributed by atoms with van der Waals surface area (Å²) in [5.74, 6) is 0.265. The average Bonchev–Trinajstić information content (AvgIpc) is 2.73. The number of nitrogens with zero attached hydrogens (tertiary/aromatic N) is 2. The number of esters is 1. The van der Waals surface area contributed by atoms with Gasteiger partial charge in [0.2, 0.25) is 0 Å². The van der Waals surface area contributed by atoms with Crippen LogP contribution in [-0.4, -0.2) is 15.5 Å². The van der Waals surface area contributed by atoms with Gasteiger partial charge in [0.15, 0.2) is 0 Å². The Bertz CT molecular complexity index is 1220. The first-order valence-corrected chi connectivity index (χ1v) is 9.20. The summed E-state index contributed by atoms with van der Waals surface area (Å²) < 4.78 is 6.96. The Morgan fingerprint density at radius 3 is 2.54 bits per heavy atom. The van der Waals surface area contributed by atoms with E-state index in [9.17, 15) is 9.59 Å². The van der Waals surface area contributed by atoms with Crippen LogP contribution in [0, 0.1) is 0 Å². The Hall–Kier alpha value is -3.47. The van der Waals surface area contributed by atoms with E-state index in [4.69, 9.17) is 4.74 Å². The lowest BCUT2D eigenvalue weighted by molar-refractivity contribution is -0.144. The molecular formula is C23H20N2O3. The largest absolute Gasteiger partial charge is 0.461 e. The molecule has 28 heavy (non-hydrogen) atoms. The third-order valence-corrected chi connectivity index (χ3v) is 4.90. The zero-order valence-electron chi connectivity index (χ0n) is 15.6. The second-order valence-corrected chi connectivity index (χ2v) is 6.71. The summed E-state index contributed by atoms with van der Waals surface area (Å²) in [5, 5.41) is 2.77. The summed E-state index contributed by atoms with van der Waals surface area (Å²) in [4.78, 5) is 29.2. The van der Waals surface area contributed by atoms with E-state index in [0.717, 1.165) is 16.3 Å². The van der Waals surface area contributed by atoms with E-state index in [1.807, 2.05) is 54.6 Å². The van der Waals surface area contributed by atoms with Crippen LogP contribution < -0.4 is 5.56 Å². The third-order valence-electron chi connectivity index (χ3n) is 4.90. The lowest BCUT2D eigenvalue weighted by Crippen LogP contribution is -2.23. The van der Waals surface area contributed by atoms with Gasteiger partial charge in [-0.05, 0) is 28.5 Å². The lowest BCUT2D eigenvalue weighted by Gasteiger charge is -2.10. The molecule has 0 aliphatic rings. The molecule has 3 aromatic carbocycles. The van der Waals surface area contributed by atoms with Crippen LogP contribution in [0.4, 0.5) is 0 Å². The molecule has 4 aromatic rings. The molecule has 5 nitrogen and oxygen atoms in total. The highest BCUT2D eigenvalue weighted by Gasteiger charge is 2.11. The minimum atomic E-state index is -0.310. The van der Waals surface area contributed by atoms with Gasteiger partial charge in [0, 0.05) is 13.5 Å². The molecule has 4 rings (SSSR count). The Morgan fingerprint density at radius 1 is 0.964 bits per heavy atom. The predicted molar refractivity (Wildman–Crippen MR) is 109 cm³/mol. The molecule has 0 spiro atoms. The molecule has 1 heterocycles. The zero-order valence-corrected chi connectivity index (χ0v) is 15.6. The average molecular weight is 372 g/mol. The standard InChI is InChI=1S/C23H20N2O3/c1-25-21(24-20-12-5-4-11-19(20)23(25)27)13-14-22(26)28-15-17-9-6-8-16-7-2-3-10-18(16)17/h2-12H,13-15H2,1H3. The van der Waals surface area contributed by atoms with E-state index >= 15 is 0 Å². The summed E-state index contributed by atoms with van der Waals surface area (Å²) in [5.41, 5.74) is 1.51. The number of rotatable bonds is 5. The van der Waals surface area contributed by atoms with Gasteiger partial charge in [-0.1, -0.05) is 54.6 Å². The van der Waals surface area contributed by atoms with Crippen molar-refractivity contribution in [3.8, 4) is 0 Å². The van der Waals surface area contributed by atoms with Crippen LogP contribution >= 0.6 is 0 Å². The molecule has 0 saturated heterocycles. The van der Waals surface area contributed by atoms with E-state index in [2.05, 4.69) is 4.98 Å². The van der Waals surface area contributed by atoms with Crippen LogP contribution in [-0.2, 0) is 29.6 Å². The van der Waals surface area contributed by atoms with Crippen molar-refractivity contribution in [3.05, 3.63) is 88.5 Å². The number of carbonyl (C=O) groups excluding carboxylic acids is 1. The fourth-order valence-electron chi connectivity index (χ4n) is 3.35. The van der Waals surface area contributed by atoms with Gasteiger partial charge < -0.3 is 4.74 Å². The molecule has 0 aliphatic carbocycles. The minimum absolute atomic E-state index is 0.107. The molecule has 0 aliphatic heterocycles. The van der Waals surface area contributed by atoms with E-state index in [1.165, 1.54) is 4.57 Å². The maximum absolute atomic E-state index is 12.4. The van der Waals surface area contributed by atoms with Crippen molar-refractivity contribution in [2.24, 2.45) is 7.05 Å². The number of benzene rings is 3. The SMILES string of the molecule is Cn1c(CCC(=O)OCc2cccc3ccccc23)nc2ccccc2c1=O. The van der Waals surface area contributed by atoms with Crippen molar-refractivity contribution in [2.45, 2.75) is 19.4 Å². The van der Waals surface area contributed by atoms with Gasteiger partial charge in [0.05, 0.1) is 17.3 Å². The predicted octanol–water partition coefficient (Wildman–Crippen LogP) is 3.76. The van der Waals surface area contributed by atoms with Gasteiger partial charge in [0.25, 0.3) is 5.56 Å². The van der Waals surface area contributed by atoms with Crippen molar-refractivity contribution in [3.63, 3.8) is 0 Å². The first kappa shape index (κ1) is 17.9. The van der Waals surface area contributed by atoms with Crippen molar-refractivity contribution < 1.29 is 9.53 Å². The first-order chi connectivity index (χ1) is 13.6. The smallest absolute Gasteiger partial charge is 0.306 e. The molecule has 0 saturated carbocycles. The van der Waals surface area contributed by atoms with Gasteiger partial charge >= 0.3 is 5.97 Å². The normalized spacial score (nSPS) is 11.0. The molecule has 140 valence electrons. The van der Waals surface area contributed by atoms with E-state index in [1.54, 1.807) is 19.2 Å². The maximum Gasteiger partial charge on any atom is 0.306 e. The minimum Gasteiger partial charge on any atom is -0.461 e. The van der Waals surface area contributed by atoms with Gasteiger partial charge in [-0.15, -0.1) is 0 Å². The molecule has 0 amide bonds. The Kier molecular flexibility index (Phi) is 4.89. The maximum atomic E-state index is 12.4. The third kappa shape index (κ3) is 3.51. The first-order valence-electron chi connectivity index (χ1n) is 9.20. The summed E-state index contributed by atoms with van der Waals surface area (Å²) in [6, 6.07) is 21.2. The highest BCUT2D eigenvalue weighted by Crippen LogP contribution is 2.19. The topological polar surface area (TPSA) is 61.2 Å². The number of aromatic nitrogens is 2. The molecule has 0 unspecified atom stereocenters. The fraction of sp³-hybridized carbons (Fsp3) is 0.174. The highest BCUT2D eigenvalue weighted by atomic mass is 16.5. The molecule has 0 radical (unpaired) electrons. The van der Waals surface area contributed by atoms with Crippen molar-refractivity contribution in [1.82, 2.24) is 9.55 Å². The second-order valence-electron chi connectivity index (χ2n) is 6.71. The molecular weight excluding hydrogens is 352 g/mol. The summed E-state index contributed by atoms with van der Waals surface area (Å²) in [6.07, 6.45) is 0.522. The Morgan fingerprint density at radius 2 is 1.68 bits per heavy atom. The van der Waals surface area contributed by atoms with Crippen LogP contribution in [0.15, 0.2) is 71.5 Å². The number of aryl methyl sites for hydroxylation is 1. The number of para-hydroxylation sites is 1. The van der Waals surface area contributed by atoms with E-state index < -0.39 is 0 Å². The fourth-order valence-corrected chi connectivity index (χ4v) is 3.35. The molecule has 0 fully saturated rings. The van der Waals surface area contributed by atoms with E-state index in [0.29, 0.717) is 23.1 Å². The van der Waals surface area contributed by atoms with Gasteiger partial charge in [-0.2, -0.15) is 0 Å². The summed E-state index contributed by atoms with van der Waals surface area (Å²) >= 11 is 0. The monoisotopic (exact) mass is 372 g/mol. The van der Waals surface area contributed by atoms with E-state index in [-0.39, 0.29) is 24.6 Å². The number of fused-ring (bicyclic) bond motifs is 2. The quantitative estimate of drug-likeness (QED) is 0.501. The van der Waals surface area contributed by atoms with Crippen LogP contribution in [0.25, 0.3) is 21.7 Å². The van der Waals surface area contributed by atoms with Gasteiger partial charge in [0.1, 0.15) is 12.4 Å². The lowest BCUT2D eigenvalue weighted by atomic mass is 10.1. The van der Waals surface area contributed by atoms with Crippen LogP contribution in [0.3, 0.4) is 0 Å². The van der Waals surface area contributed by atoms with Crippen molar-refractivity contribution in [2.75, 3.05) is 0 Å². The number of hydrogen-bond acceptors (Lipinski definition) is 4. The van der Waals surface area contributed by atoms with Crippen molar-refractivity contribution >= 4 is 27.6 Å².